The van der Waals surface area contributed by atoms with E-state index in [0.717, 1.165) is 31.0 Å². The third-order valence-corrected chi connectivity index (χ3v) is 3.00. The number of piperidine rings is 1. The Hall–Kier alpha value is -1.22. The first kappa shape index (κ1) is 13.8. The average Bonchev–Trinajstić information content (AvgIpc) is 2.36. The summed E-state index contributed by atoms with van der Waals surface area (Å²) in [6, 6.07) is 0. The highest BCUT2D eigenvalue weighted by molar-refractivity contribution is 5.18. The molecule has 0 aromatic heterocycles. The van der Waals surface area contributed by atoms with Crippen LogP contribution < -0.4 is 5.32 Å². The van der Waals surface area contributed by atoms with E-state index in [1.807, 2.05) is 19.1 Å². The maximum atomic E-state index is 5.95. The molecule has 0 aliphatic carbocycles. The van der Waals surface area contributed by atoms with Gasteiger partial charge in [-0.3, -0.25) is 0 Å². The van der Waals surface area contributed by atoms with Crippen LogP contribution in [0.3, 0.4) is 0 Å². The fourth-order valence-corrected chi connectivity index (χ4v) is 1.76. The average molecular weight is 237 g/mol. The Labute approximate surface area is 104 Å². The predicted molar refractivity (Wildman–Crippen MR) is 70.6 cm³/mol. The molecule has 0 radical (unpaired) electrons. The maximum Gasteiger partial charge on any atom is 0.119 e. The molecule has 1 aliphatic rings. The molecule has 0 saturated carbocycles. The van der Waals surface area contributed by atoms with Crippen LogP contribution in [-0.2, 0) is 9.47 Å². The van der Waals surface area contributed by atoms with E-state index in [0.29, 0.717) is 5.92 Å². The molecular weight excluding hydrogens is 214 g/mol. The molecule has 96 valence electrons. The number of rotatable bonds is 5. The minimum Gasteiger partial charge on any atom is -0.501 e. The van der Waals surface area contributed by atoms with E-state index in [2.05, 4.69) is 18.8 Å². The topological polar surface area (TPSA) is 30.5 Å². The van der Waals surface area contributed by atoms with Crippen molar-refractivity contribution >= 4 is 0 Å². The summed E-state index contributed by atoms with van der Waals surface area (Å²) < 4.78 is 11.0. The van der Waals surface area contributed by atoms with Gasteiger partial charge in [-0.1, -0.05) is 13.5 Å². The molecule has 3 heteroatoms. The molecule has 3 nitrogen and oxygen atoms in total. The SMILES string of the molecule is C=C/C(=C\C=C(/C)OC)O[C@@H]1CCNC[C@@H]1C. The lowest BCUT2D eigenvalue weighted by atomic mass is 9.98. The van der Waals surface area contributed by atoms with Crippen LogP contribution in [0.1, 0.15) is 20.3 Å². The van der Waals surface area contributed by atoms with E-state index in [9.17, 15) is 0 Å². The zero-order valence-electron chi connectivity index (χ0n) is 11.0. The van der Waals surface area contributed by atoms with Crippen molar-refractivity contribution in [3.05, 3.63) is 36.3 Å². The van der Waals surface area contributed by atoms with E-state index in [1.54, 1.807) is 13.2 Å². The van der Waals surface area contributed by atoms with Gasteiger partial charge >= 0.3 is 0 Å². The van der Waals surface area contributed by atoms with Crippen molar-refractivity contribution in [2.45, 2.75) is 26.4 Å². The van der Waals surface area contributed by atoms with Gasteiger partial charge in [0, 0.05) is 12.5 Å². The summed E-state index contributed by atoms with van der Waals surface area (Å²) in [4.78, 5) is 0. The van der Waals surface area contributed by atoms with Gasteiger partial charge in [0.2, 0.25) is 0 Å². The van der Waals surface area contributed by atoms with Crippen molar-refractivity contribution in [1.29, 1.82) is 0 Å². The van der Waals surface area contributed by atoms with Gasteiger partial charge in [0.25, 0.3) is 0 Å². The molecule has 1 aliphatic heterocycles. The number of methoxy groups -OCH3 is 1. The van der Waals surface area contributed by atoms with Gasteiger partial charge in [0.05, 0.1) is 12.9 Å². The lowest BCUT2D eigenvalue weighted by molar-refractivity contribution is 0.0551. The monoisotopic (exact) mass is 237 g/mol. The number of nitrogens with one attached hydrogen (secondary N) is 1. The fraction of sp³-hybridized carbons (Fsp3) is 0.571. The largest absolute Gasteiger partial charge is 0.501 e. The first-order valence-electron chi connectivity index (χ1n) is 6.09. The van der Waals surface area contributed by atoms with Gasteiger partial charge < -0.3 is 14.8 Å². The predicted octanol–water partition coefficient (Wildman–Crippen LogP) is 2.62. The van der Waals surface area contributed by atoms with Crippen molar-refractivity contribution in [2.75, 3.05) is 20.2 Å². The van der Waals surface area contributed by atoms with E-state index < -0.39 is 0 Å². The quantitative estimate of drug-likeness (QED) is 0.589. The van der Waals surface area contributed by atoms with Crippen molar-refractivity contribution < 1.29 is 9.47 Å². The van der Waals surface area contributed by atoms with Crippen molar-refractivity contribution in [3.63, 3.8) is 0 Å². The van der Waals surface area contributed by atoms with Crippen LogP contribution in [-0.4, -0.2) is 26.3 Å². The summed E-state index contributed by atoms with van der Waals surface area (Å²) in [5.74, 6) is 2.19. The number of hydrogen-bond donors (Lipinski definition) is 1. The normalized spacial score (nSPS) is 26.5. The Balaban J connectivity index is 2.59. The first-order valence-corrected chi connectivity index (χ1v) is 6.09. The van der Waals surface area contributed by atoms with Crippen molar-refractivity contribution in [2.24, 2.45) is 5.92 Å². The molecule has 0 aromatic rings. The molecule has 0 amide bonds. The van der Waals surface area contributed by atoms with E-state index >= 15 is 0 Å². The fourth-order valence-electron chi connectivity index (χ4n) is 1.76. The summed E-state index contributed by atoms with van der Waals surface area (Å²) in [6.07, 6.45) is 6.85. The second-order valence-electron chi connectivity index (χ2n) is 4.38. The third kappa shape index (κ3) is 4.65. The van der Waals surface area contributed by atoms with Crippen LogP contribution in [0.25, 0.3) is 0 Å². The second-order valence-corrected chi connectivity index (χ2v) is 4.38. The van der Waals surface area contributed by atoms with Gasteiger partial charge in [-0.2, -0.15) is 0 Å². The van der Waals surface area contributed by atoms with Gasteiger partial charge in [-0.05, 0) is 38.1 Å². The van der Waals surface area contributed by atoms with Gasteiger partial charge in [0.15, 0.2) is 0 Å². The molecule has 1 heterocycles. The molecule has 0 bridgehead atoms. The zero-order valence-corrected chi connectivity index (χ0v) is 11.0. The summed E-state index contributed by atoms with van der Waals surface area (Å²) in [7, 11) is 1.66. The molecule has 1 rings (SSSR count). The molecule has 1 N–H and O–H groups in total. The third-order valence-electron chi connectivity index (χ3n) is 3.00. The van der Waals surface area contributed by atoms with E-state index in [-0.39, 0.29) is 6.10 Å². The summed E-state index contributed by atoms with van der Waals surface area (Å²) in [5.41, 5.74) is 0. The highest BCUT2D eigenvalue weighted by Gasteiger charge is 2.22. The smallest absolute Gasteiger partial charge is 0.119 e. The Morgan fingerprint density at radius 2 is 2.18 bits per heavy atom. The van der Waals surface area contributed by atoms with Crippen LogP contribution in [0, 0.1) is 5.92 Å². The summed E-state index contributed by atoms with van der Waals surface area (Å²) >= 11 is 0. The lowest BCUT2D eigenvalue weighted by Gasteiger charge is -2.30. The van der Waals surface area contributed by atoms with Crippen molar-refractivity contribution in [1.82, 2.24) is 5.32 Å². The van der Waals surface area contributed by atoms with Crippen LogP contribution >= 0.6 is 0 Å². The zero-order chi connectivity index (χ0) is 12.7. The van der Waals surface area contributed by atoms with E-state index in [1.165, 1.54) is 0 Å². The van der Waals surface area contributed by atoms with Crippen LogP contribution in [0.4, 0.5) is 0 Å². The highest BCUT2D eigenvalue weighted by Crippen LogP contribution is 2.18. The lowest BCUT2D eigenvalue weighted by Crippen LogP contribution is -2.39. The second kappa shape index (κ2) is 7.17. The minimum absolute atomic E-state index is 0.275. The number of ether oxygens (including phenoxy) is 2. The Kier molecular flexibility index (Phi) is 5.84. The highest BCUT2D eigenvalue weighted by atomic mass is 16.5. The Morgan fingerprint density at radius 3 is 2.76 bits per heavy atom. The van der Waals surface area contributed by atoms with Crippen LogP contribution in [0.2, 0.25) is 0 Å². The number of allylic oxidation sites excluding steroid dienone is 4. The molecule has 1 saturated heterocycles. The first-order chi connectivity index (χ1) is 8.17. The van der Waals surface area contributed by atoms with Gasteiger partial charge in [-0.15, -0.1) is 0 Å². The molecular formula is C14H23NO2. The molecule has 0 spiro atoms. The minimum atomic E-state index is 0.275. The Morgan fingerprint density at radius 1 is 1.41 bits per heavy atom. The van der Waals surface area contributed by atoms with Crippen molar-refractivity contribution in [3.8, 4) is 0 Å². The summed E-state index contributed by atoms with van der Waals surface area (Å²) in [5, 5.41) is 3.36. The molecule has 17 heavy (non-hydrogen) atoms. The van der Waals surface area contributed by atoms with Crippen LogP contribution in [0.5, 0.6) is 0 Å². The molecule has 0 unspecified atom stereocenters. The summed E-state index contributed by atoms with van der Waals surface area (Å²) in [6.45, 7) is 9.92. The standard InChI is InChI=1S/C14H23NO2/c1-5-13(7-6-12(3)16-4)17-14-8-9-15-10-11(14)2/h5-7,11,14-15H,1,8-10H2,2-4H3/b12-6+,13-7+/t11-,14+/m0/s1. The molecule has 2 atom stereocenters. The number of hydrogen-bond acceptors (Lipinski definition) is 3. The Bertz CT molecular complexity index is 307. The van der Waals surface area contributed by atoms with Gasteiger partial charge in [-0.25, -0.2) is 0 Å². The van der Waals surface area contributed by atoms with Crippen LogP contribution in [0.15, 0.2) is 36.3 Å². The maximum absolute atomic E-state index is 5.95. The van der Waals surface area contributed by atoms with Gasteiger partial charge in [0.1, 0.15) is 11.9 Å². The molecule has 1 fully saturated rings. The molecule has 0 aromatic carbocycles. The van der Waals surface area contributed by atoms with E-state index in [4.69, 9.17) is 9.47 Å².